The maximum Gasteiger partial charge on any atom is 0.254 e. The minimum absolute atomic E-state index is 0.0932. The Bertz CT molecular complexity index is 1200. The van der Waals surface area contributed by atoms with E-state index in [1.165, 1.54) is 0 Å². The van der Waals surface area contributed by atoms with Crippen molar-refractivity contribution in [2.45, 2.75) is 25.4 Å². The number of hydrogen-bond acceptors (Lipinski definition) is 3. The molecule has 1 atom stereocenters. The first kappa shape index (κ1) is 18.7. The summed E-state index contributed by atoms with van der Waals surface area (Å²) in [5.74, 6) is -0.935. The molecule has 0 spiro atoms. The molecular formula is C22H19ClN4O3. The van der Waals surface area contributed by atoms with Crippen molar-refractivity contribution in [3.8, 4) is 0 Å². The highest BCUT2D eigenvalue weighted by atomic mass is 35.5. The lowest BCUT2D eigenvalue weighted by Crippen LogP contribution is -2.46. The van der Waals surface area contributed by atoms with Crippen LogP contribution in [0.5, 0.6) is 0 Å². The molecule has 0 radical (unpaired) electrons. The summed E-state index contributed by atoms with van der Waals surface area (Å²) in [6.45, 7) is 0.992. The number of halogens is 1. The summed E-state index contributed by atoms with van der Waals surface area (Å²) < 4.78 is 0. The molecular weight excluding hydrogens is 404 g/mol. The Morgan fingerprint density at radius 3 is 2.87 bits per heavy atom. The second kappa shape index (κ2) is 7.18. The van der Waals surface area contributed by atoms with Gasteiger partial charge in [-0.2, -0.15) is 0 Å². The molecule has 8 heteroatoms. The van der Waals surface area contributed by atoms with Gasteiger partial charge in [-0.05, 0) is 30.3 Å². The second-order valence-electron chi connectivity index (χ2n) is 7.60. The van der Waals surface area contributed by atoms with Gasteiger partial charge in [0.15, 0.2) is 0 Å². The largest absolute Gasteiger partial charge is 0.358 e. The van der Waals surface area contributed by atoms with E-state index in [1.54, 1.807) is 29.2 Å². The van der Waals surface area contributed by atoms with Crippen LogP contribution in [-0.4, -0.2) is 40.2 Å². The number of anilines is 1. The van der Waals surface area contributed by atoms with Crippen LogP contribution in [0.1, 0.15) is 28.0 Å². The highest BCUT2D eigenvalue weighted by Crippen LogP contribution is 2.30. The van der Waals surface area contributed by atoms with Crippen LogP contribution in [0, 0.1) is 0 Å². The number of para-hydroxylation sites is 1. The molecule has 3 aromatic rings. The van der Waals surface area contributed by atoms with Gasteiger partial charge in [-0.3, -0.25) is 14.4 Å². The SMILES string of the molecule is O=C1N[C@@H](CC(=O)N2CCc3[nH]c4ccc(Cl)cc4c3C2)C(=O)Nc2ccccc21. The summed E-state index contributed by atoms with van der Waals surface area (Å²) in [7, 11) is 0. The van der Waals surface area contributed by atoms with Gasteiger partial charge in [0.2, 0.25) is 11.8 Å². The fraction of sp³-hybridized carbons (Fsp3) is 0.227. The van der Waals surface area contributed by atoms with E-state index in [0.29, 0.717) is 35.8 Å². The van der Waals surface area contributed by atoms with E-state index in [2.05, 4.69) is 15.6 Å². The lowest BCUT2D eigenvalue weighted by atomic mass is 10.0. The summed E-state index contributed by atoms with van der Waals surface area (Å²) in [5, 5.41) is 7.07. The number of nitrogens with one attached hydrogen (secondary N) is 3. The van der Waals surface area contributed by atoms with Crippen LogP contribution in [0.3, 0.4) is 0 Å². The fourth-order valence-corrected chi connectivity index (χ4v) is 4.33. The van der Waals surface area contributed by atoms with Gasteiger partial charge >= 0.3 is 0 Å². The summed E-state index contributed by atoms with van der Waals surface area (Å²) in [5.41, 5.74) is 3.99. The number of amides is 3. The number of hydrogen-bond donors (Lipinski definition) is 3. The summed E-state index contributed by atoms with van der Waals surface area (Å²) in [6, 6.07) is 11.5. The Kier molecular flexibility index (Phi) is 4.47. The minimum atomic E-state index is -0.920. The molecule has 1 aromatic heterocycles. The van der Waals surface area contributed by atoms with E-state index in [1.807, 2.05) is 18.2 Å². The third-order valence-electron chi connectivity index (χ3n) is 5.72. The maximum atomic E-state index is 13.0. The molecule has 7 nitrogen and oxygen atoms in total. The van der Waals surface area contributed by atoms with Crippen LogP contribution in [0.2, 0.25) is 5.02 Å². The smallest absolute Gasteiger partial charge is 0.254 e. The highest BCUT2D eigenvalue weighted by Gasteiger charge is 2.32. The zero-order valence-electron chi connectivity index (χ0n) is 16.0. The average Bonchev–Trinajstić information content (AvgIpc) is 3.04. The number of fused-ring (bicyclic) bond motifs is 4. The Morgan fingerprint density at radius 1 is 1.17 bits per heavy atom. The van der Waals surface area contributed by atoms with Crippen LogP contribution in [0.25, 0.3) is 10.9 Å². The van der Waals surface area contributed by atoms with E-state index in [9.17, 15) is 14.4 Å². The second-order valence-corrected chi connectivity index (χ2v) is 8.04. The topological polar surface area (TPSA) is 94.3 Å². The monoisotopic (exact) mass is 422 g/mol. The zero-order valence-corrected chi connectivity index (χ0v) is 16.8. The van der Waals surface area contributed by atoms with Crippen molar-refractivity contribution in [1.82, 2.24) is 15.2 Å². The highest BCUT2D eigenvalue weighted by molar-refractivity contribution is 6.31. The normalized spacial score (nSPS) is 18.3. The average molecular weight is 423 g/mol. The summed E-state index contributed by atoms with van der Waals surface area (Å²) in [6.07, 6.45) is 0.603. The molecule has 3 N–H and O–H groups in total. The third-order valence-corrected chi connectivity index (χ3v) is 5.96. The van der Waals surface area contributed by atoms with Crippen LogP contribution in [0.15, 0.2) is 42.5 Å². The van der Waals surface area contributed by atoms with Crippen LogP contribution >= 0.6 is 11.6 Å². The van der Waals surface area contributed by atoms with Gasteiger partial charge in [0.05, 0.1) is 17.7 Å². The molecule has 0 saturated heterocycles. The molecule has 3 heterocycles. The lowest BCUT2D eigenvalue weighted by molar-refractivity contribution is -0.134. The standard InChI is InChI=1S/C22H19ClN4O3/c23-12-5-6-17-14(9-12)15-11-27(8-7-18(15)24-17)20(28)10-19-22(30)25-16-4-2-1-3-13(16)21(29)26-19/h1-6,9,19,24H,7-8,10-11H2,(H,25,30)(H,26,29)/t19-/m0/s1. The van der Waals surface area contributed by atoms with Crippen LogP contribution < -0.4 is 10.6 Å². The first-order valence-corrected chi connectivity index (χ1v) is 10.1. The number of nitrogens with zero attached hydrogens (tertiary/aromatic N) is 1. The molecule has 2 aromatic carbocycles. The Balaban J connectivity index is 1.34. The van der Waals surface area contributed by atoms with Gasteiger partial charge in [-0.1, -0.05) is 23.7 Å². The molecule has 2 aliphatic heterocycles. The first-order valence-electron chi connectivity index (χ1n) is 9.77. The van der Waals surface area contributed by atoms with Crippen molar-refractivity contribution in [3.05, 3.63) is 64.3 Å². The van der Waals surface area contributed by atoms with Gasteiger partial charge in [-0.25, -0.2) is 0 Å². The van der Waals surface area contributed by atoms with E-state index >= 15 is 0 Å². The van der Waals surface area contributed by atoms with Crippen molar-refractivity contribution in [2.75, 3.05) is 11.9 Å². The molecule has 0 unspecified atom stereocenters. The van der Waals surface area contributed by atoms with Crippen molar-refractivity contribution in [3.63, 3.8) is 0 Å². The Morgan fingerprint density at radius 2 is 2.00 bits per heavy atom. The van der Waals surface area contributed by atoms with Crippen LogP contribution in [-0.2, 0) is 22.6 Å². The summed E-state index contributed by atoms with van der Waals surface area (Å²) >= 11 is 6.15. The number of H-pyrrole nitrogens is 1. The predicted molar refractivity (Wildman–Crippen MR) is 113 cm³/mol. The maximum absolute atomic E-state index is 13.0. The van der Waals surface area contributed by atoms with Gasteiger partial charge in [-0.15, -0.1) is 0 Å². The Hall–Kier alpha value is -3.32. The molecule has 0 bridgehead atoms. The number of benzene rings is 2. The van der Waals surface area contributed by atoms with Crippen molar-refractivity contribution < 1.29 is 14.4 Å². The first-order chi connectivity index (χ1) is 14.5. The van der Waals surface area contributed by atoms with E-state index in [-0.39, 0.29) is 18.2 Å². The molecule has 152 valence electrons. The van der Waals surface area contributed by atoms with Crippen LogP contribution in [0.4, 0.5) is 5.69 Å². The van der Waals surface area contributed by atoms with E-state index in [0.717, 1.165) is 22.2 Å². The third kappa shape index (κ3) is 3.21. The molecule has 5 rings (SSSR count). The number of rotatable bonds is 2. The van der Waals surface area contributed by atoms with E-state index < -0.39 is 11.9 Å². The number of carbonyl (C=O) groups excluding carboxylic acids is 3. The minimum Gasteiger partial charge on any atom is -0.358 e. The molecule has 2 aliphatic rings. The van der Waals surface area contributed by atoms with E-state index in [4.69, 9.17) is 11.6 Å². The quantitative estimate of drug-likeness (QED) is 0.592. The van der Waals surface area contributed by atoms with Crippen molar-refractivity contribution in [1.29, 1.82) is 0 Å². The number of aromatic amines is 1. The molecule has 3 amide bonds. The lowest BCUT2D eigenvalue weighted by Gasteiger charge is -2.28. The summed E-state index contributed by atoms with van der Waals surface area (Å²) in [4.78, 5) is 43.2. The van der Waals surface area contributed by atoms with Crippen molar-refractivity contribution >= 4 is 45.9 Å². The number of carbonyl (C=O) groups is 3. The molecule has 0 saturated carbocycles. The molecule has 0 fully saturated rings. The van der Waals surface area contributed by atoms with Gasteiger partial charge < -0.3 is 20.5 Å². The zero-order chi connectivity index (χ0) is 20.8. The fourth-order valence-electron chi connectivity index (χ4n) is 4.16. The predicted octanol–water partition coefficient (Wildman–Crippen LogP) is 2.85. The van der Waals surface area contributed by atoms with Gasteiger partial charge in [0.25, 0.3) is 5.91 Å². The molecule has 30 heavy (non-hydrogen) atoms. The van der Waals surface area contributed by atoms with Crippen molar-refractivity contribution in [2.24, 2.45) is 0 Å². The Labute approximate surface area is 177 Å². The van der Waals surface area contributed by atoms with Gasteiger partial charge in [0, 0.05) is 46.7 Å². The number of aromatic nitrogens is 1. The molecule has 0 aliphatic carbocycles. The van der Waals surface area contributed by atoms with Gasteiger partial charge in [0.1, 0.15) is 6.04 Å².